The molecule has 0 spiro atoms. The van der Waals surface area contributed by atoms with Gasteiger partial charge in [0.2, 0.25) is 0 Å². The highest BCUT2D eigenvalue weighted by atomic mass is 32.1. The van der Waals surface area contributed by atoms with Crippen molar-refractivity contribution in [2.45, 2.75) is 19.8 Å². The van der Waals surface area contributed by atoms with Crippen LogP contribution < -0.4 is 11.3 Å². The van der Waals surface area contributed by atoms with Gasteiger partial charge in [0.05, 0.1) is 5.01 Å². The molecule has 0 saturated carbocycles. The van der Waals surface area contributed by atoms with Crippen molar-refractivity contribution in [2.24, 2.45) is 5.84 Å². The molecule has 56 valence electrons. The maximum Gasteiger partial charge on any atom is 0.151 e. The minimum absolute atomic E-state index is 0.493. The van der Waals surface area contributed by atoms with E-state index in [2.05, 4.69) is 24.3 Å². The van der Waals surface area contributed by atoms with Gasteiger partial charge in [0.15, 0.2) is 5.82 Å². The molecule has 0 unspecified atom stereocenters. The Morgan fingerprint density at radius 2 is 2.40 bits per heavy atom. The highest BCUT2D eigenvalue weighted by molar-refractivity contribution is 7.10. The number of nitrogens with two attached hydrogens (primary N) is 1. The van der Waals surface area contributed by atoms with Crippen LogP contribution in [0.5, 0.6) is 0 Å². The minimum Gasteiger partial charge on any atom is -0.308 e. The first-order chi connectivity index (χ1) is 4.74. The van der Waals surface area contributed by atoms with E-state index in [9.17, 15) is 0 Å². The summed E-state index contributed by atoms with van der Waals surface area (Å²) in [6, 6.07) is 0. The van der Waals surface area contributed by atoms with E-state index in [1.54, 1.807) is 11.3 Å². The third-order valence-corrected chi connectivity index (χ3v) is 2.31. The lowest BCUT2D eigenvalue weighted by Gasteiger charge is -1.95. The maximum atomic E-state index is 5.16. The number of hydrogen-bond acceptors (Lipinski definition) is 4. The Balaban J connectivity index is 2.78. The number of nitrogen functional groups attached to an aromatic ring is 1. The number of nitrogens with zero attached hydrogens (tertiary/aromatic N) is 1. The van der Waals surface area contributed by atoms with E-state index >= 15 is 0 Å². The monoisotopic (exact) mass is 157 g/mol. The van der Waals surface area contributed by atoms with Crippen LogP contribution in [-0.4, -0.2) is 4.98 Å². The summed E-state index contributed by atoms with van der Waals surface area (Å²) in [5.41, 5.74) is 2.50. The first-order valence-electron chi connectivity index (χ1n) is 3.16. The summed E-state index contributed by atoms with van der Waals surface area (Å²) >= 11 is 1.63. The first kappa shape index (κ1) is 7.50. The normalized spacial score (nSPS) is 10.4. The van der Waals surface area contributed by atoms with Gasteiger partial charge in [0, 0.05) is 11.3 Å². The van der Waals surface area contributed by atoms with Crippen molar-refractivity contribution >= 4 is 17.2 Å². The number of hydrazine groups is 1. The summed E-state index contributed by atoms with van der Waals surface area (Å²) in [5.74, 6) is 6.41. The average molecular weight is 157 g/mol. The molecular weight excluding hydrogens is 146 g/mol. The van der Waals surface area contributed by atoms with Crippen LogP contribution >= 0.6 is 11.3 Å². The lowest BCUT2D eigenvalue weighted by atomic mass is 10.2. The zero-order valence-corrected chi connectivity index (χ0v) is 6.90. The Bertz CT molecular complexity index is 207. The molecule has 0 bridgehead atoms. The Morgan fingerprint density at radius 3 is 2.70 bits per heavy atom. The Kier molecular flexibility index (Phi) is 2.24. The molecule has 1 aromatic heterocycles. The van der Waals surface area contributed by atoms with Gasteiger partial charge in [-0.3, -0.25) is 0 Å². The fraction of sp³-hybridized carbons (Fsp3) is 0.500. The van der Waals surface area contributed by atoms with Gasteiger partial charge in [-0.2, -0.15) is 0 Å². The number of aromatic nitrogens is 1. The SMILES string of the molecule is CC(C)c1nc(NN)cs1. The number of nitrogens with one attached hydrogen (secondary N) is 1. The Labute approximate surface area is 64.2 Å². The number of hydrogen-bond donors (Lipinski definition) is 2. The third-order valence-electron chi connectivity index (χ3n) is 1.16. The van der Waals surface area contributed by atoms with E-state index in [0.29, 0.717) is 5.92 Å². The molecule has 0 aliphatic rings. The highest BCUT2D eigenvalue weighted by Crippen LogP contribution is 2.20. The molecule has 0 saturated heterocycles. The molecule has 10 heavy (non-hydrogen) atoms. The quantitative estimate of drug-likeness (QED) is 0.506. The molecular formula is C6H11N3S. The summed E-state index contributed by atoms with van der Waals surface area (Å²) in [6.07, 6.45) is 0. The van der Waals surface area contributed by atoms with Crippen molar-refractivity contribution < 1.29 is 0 Å². The predicted octanol–water partition coefficient (Wildman–Crippen LogP) is 1.55. The van der Waals surface area contributed by atoms with E-state index in [0.717, 1.165) is 10.8 Å². The molecule has 0 radical (unpaired) electrons. The van der Waals surface area contributed by atoms with E-state index in [1.165, 1.54) is 0 Å². The number of anilines is 1. The third kappa shape index (κ3) is 1.46. The van der Waals surface area contributed by atoms with Crippen LogP contribution in [0, 0.1) is 0 Å². The largest absolute Gasteiger partial charge is 0.308 e. The summed E-state index contributed by atoms with van der Waals surface area (Å²) in [5, 5.41) is 3.03. The van der Waals surface area contributed by atoms with Gasteiger partial charge in [0.25, 0.3) is 0 Å². The fourth-order valence-corrected chi connectivity index (χ4v) is 1.40. The summed E-state index contributed by atoms with van der Waals surface area (Å²) < 4.78 is 0. The van der Waals surface area contributed by atoms with Crippen LogP contribution in [0.15, 0.2) is 5.38 Å². The highest BCUT2D eigenvalue weighted by Gasteiger charge is 2.03. The van der Waals surface area contributed by atoms with Crippen molar-refractivity contribution in [2.75, 3.05) is 5.43 Å². The van der Waals surface area contributed by atoms with Gasteiger partial charge in [-0.25, -0.2) is 10.8 Å². The zero-order chi connectivity index (χ0) is 7.56. The Morgan fingerprint density at radius 1 is 1.70 bits per heavy atom. The van der Waals surface area contributed by atoms with E-state index < -0.39 is 0 Å². The van der Waals surface area contributed by atoms with E-state index in [-0.39, 0.29) is 0 Å². The lowest BCUT2D eigenvalue weighted by molar-refractivity contribution is 0.853. The van der Waals surface area contributed by atoms with Crippen LogP contribution in [0.25, 0.3) is 0 Å². The molecule has 3 N–H and O–H groups in total. The second-order valence-corrected chi connectivity index (χ2v) is 3.26. The number of thiazole rings is 1. The van der Waals surface area contributed by atoms with Crippen LogP contribution in [0.2, 0.25) is 0 Å². The molecule has 0 atom stereocenters. The van der Waals surface area contributed by atoms with Crippen molar-refractivity contribution in [3.63, 3.8) is 0 Å². The standard InChI is InChI=1S/C6H11N3S/c1-4(2)6-8-5(9-7)3-10-6/h3-4,9H,7H2,1-2H3. The molecule has 1 heterocycles. The van der Waals surface area contributed by atoms with Gasteiger partial charge < -0.3 is 5.43 Å². The molecule has 0 amide bonds. The van der Waals surface area contributed by atoms with Gasteiger partial charge in [-0.1, -0.05) is 13.8 Å². The average Bonchev–Trinajstić information content (AvgIpc) is 2.34. The summed E-state index contributed by atoms with van der Waals surface area (Å²) in [6.45, 7) is 4.22. The zero-order valence-electron chi connectivity index (χ0n) is 6.09. The first-order valence-corrected chi connectivity index (χ1v) is 4.04. The summed E-state index contributed by atoms with van der Waals surface area (Å²) in [7, 11) is 0. The maximum absolute atomic E-state index is 5.16. The second kappa shape index (κ2) is 2.98. The smallest absolute Gasteiger partial charge is 0.151 e. The van der Waals surface area contributed by atoms with Gasteiger partial charge in [0.1, 0.15) is 0 Å². The molecule has 0 aliphatic carbocycles. The number of rotatable bonds is 2. The van der Waals surface area contributed by atoms with Crippen LogP contribution in [-0.2, 0) is 0 Å². The van der Waals surface area contributed by atoms with Gasteiger partial charge in [-0.15, -0.1) is 11.3 Å². The molecule has 0 aliphatic heterocycles. The van der Waals surface area contributed by atoms with Crippen molar-refractivity contribution in [3.05, 3.63) is 10.4 Å². The van der Waals surface area contributed by atoms with Crippen LogP contribution in [0.3, 0.4) is 0 Å². The molecule has 0 aromatic carbocycles. The van der Waals surface area contributed by atoms with Crippen molar-refractivity contribution in [1.29, 1.82) is 0 Å². The molecule has 1 rings (SSSR count). The summed E-state index contributed by atoms with van der Waals surface area (Å²) in [4.78, 5) is 4.21. The van der Waals surface area contributed by atoms with Gasteiger partial charge >= 0.3 is 0 Å². The molecule has 4 heteroatoms. The van der Waals surface area contributed by atoms with Crippen molar-refractivity contribution in [1.82, 2.24) is 4.98 Å². The molecule has 3 nitrogen and oxygen atoms in total. The fourth-order valence-electron chi connectivity index (χ4n) is 0.619. The van der Waals surface area contributed by atoms with Crippen LogP contribution in [0.4, 0.5) is 5.82 Å². The van der Waals surface area contributed by atoms with Crippen molar-refractivity contribution in [3.8, 4) is 0 Å². The molecule has 0 fully saturated rings. The lowest BCUT2D eigenvalue weighted by Crippen LogP contribution is -2.06. The van der Waals surface area contributed by atoms with Crippen LogP contribution in [0.1, 0.15) is 24.8 Å². The van der Waals surface area contributed by atoms with E-state index in [1.807, 2.05) is 5.38 Å². The van der Waals surface area contributed by atoms with E-state index in [4.69, 9.17) is 5.84 Å². The predicted molar refractivity (Wildman–Crippen MR) is 44.0 cm³/mol. The second-order valence-electron chi connectivity index (χ2n) is 2.37. The topological polar surface area (TPSA) is 50.9 Å². The van der Waals surface area contributed by atoms with Gasteiger partial charge in [-0.05, 0) is 0 Å². The Hall–Kier alpha value is -0.610. The minimum atomic E-state index is 0.493. The molecule has 1 aromatic rings.